The smallest absolute Gasteiger partial charge is 0.305 e. The van der Waals surface area contributed by atoms with E-state index in [1.807, 2.05) is 24.4 Å². The van der Waals surface area contributed by atoms with Crippen LogP contribution in [-0.4, -0.2) is 34.7 Å². The van der Waals surface area contributed by atoms with E-state index in [0.29, 0.717) is 0 Å². The van der Waals surface area contributed by atoms with Crippen LogP contribution >= 0.6 is 23.5 Å². The van der Waals surface area contributed by atoms with Gasteiger partial charge in [0.15, 0.2) is 0 Å². The van der Waals surface area contributed by atoms with Gasteiger partial charge >= 0.3 is 5.97 Å². The molecule has 4 nitrogen and oxygen atoms in total. The highest BCUT2D eigenvalue weighted by molar-refractivity contribution is 8.20. The first-order valence-corrected chi connectivity index (χ1v) is 8.27. The number of aliphatic carboxylic acids is 1. The first-order chi connectivity index (χ1) is 9.64. The summed E-state index contributed by atoms with van der Waals surface area (Å²) in [4.78, 5) is 14.5. The average molecular weight is 309 g/mol. The summed E-state index contributed by atoms with van der Waals surface area (Å²) in [5.74, 6) is 1.99. The van der Waals surface area contributed by atoms with Gasteiger partial charge in [0.05, 0.1) is 17.6 Å². The second-order valence-electron chi connectivity index (χ2n) is 4.63. The van der Waals surface area contributed by atoms with Gasteiger partial charge in [-0.15, -0.1) is 23.5 Å². The lowest BCUT2D eigenvalue weighted by Gasteiger charge is -2.25. The van der Waals surface area contributed by atoms with Crippen molar-refractivity contribution in [1.82, 2.24) is 4.98 Å². The molecule has 106 valence electrons. The van der Waals surface area contributed by atoms with Gasteiger partial charge < -0.3 is 14.8 Å². The van der Waals surface area contributed by atoms with Crippen molar-refractivity contribution in [2.24, 2.45) is 0 Å². The third kappa shape index (κ3) is 2.27. The number of benzene rings is 1. The molecule has 0 radical (unpaired) electrons. The molecule has 0 spiro atoms. The Balaban J connectivity index is 2.13. The van der Waals surface area contributed by atoms with Gasteiger partial charge in [-0.25, -0.2) is 0 Å². The van der Waals surface area contributed by atoms with Gasteiger partial charge in [0.1, 0.15) is 5.75 Å². The summed E-state index contributed by atoms with van der Waals surface area (Å²) in [7, 11) is 1.64. The largest absolute Gasteiger partial charge is 0.497 e. The van der Waals surface area contributed by atoms with E-state index in [0.717, 1.165) is 33.7 Å². The number of rotatable bonds is 4. The van der Waals surface area contributed by atoms with Crippen LogP contribution in [0.1, 0.15) is 12.0 Å². The zero-order valence-corrected chi connectivity index (χ0v) is 12.6. The number of carboxylic acids is 1. The normalized spacial score (nSPS) is 17.4. The van der Waals surface area contributed by atoms with Crippen LogP contribution in [0.3, 0.4) is 0 Å². The lowest BCUT2D eigenvalue weighted by atomic mass is 10.1. The van der Waals surface area contributed by atoms with Crippen LogP contribution in [0, 0.1) is 0 Å². The van der Waals surface area contributed by atoms with Crippen molar-refractivity contribution in [3.05, 3.63) is 30.0 Å². The Morgan fingerprint density at radius 1 is 1.45 bits per heavy atom. The Hall–Kier alpha value is -1.27. The summed E-state index contributed by atoms with van der Waals surface area (Å²) in [5.41, 5.74) is 2.07. The van der Waals surface area contributed by atoms with Crippen LogP contribution in [-0.2, 0) is 8.87 Å². The second-order valence-corrected chi connectivity index (χ2v) is 7.68. The molecular formula is C14H15NO3S2. The molecule has 1 aromatic heterocycles. The van der Waals surface area contributed by atoms with Gasteiger partial charge in [-0.05, 0) is 18.2 Å². The van der Waals surface area contributed by atoms with Gasteiger partial charge in [0.2, 0.25) is 0 Å². The van der Waals surface area contributed by atoms with E-state index in [2.05, 4.69) is 4.98 Å². The highest BCUT2D eigenvalue weighted by Gasteiger charge is 2.41. The maximum absolute atomic E-state index is 11.3. The monoisotopic (exact) mass is 309 g/mol. The van der Waals surface area contributed by atoms with E-state index in [-0.39, 0.29) is 6.42 Å². The first-order valence-electron chi connectivity index (χ1n) is 6.30. The lowest BCUT2D eigenvalue weighted by Crippen LogP contribution is -2.19. The van der Waals surface area contributed by atoms with E-state index >= 15 is 0 Å². The number of hydrogen-bond acceptors (Lipinski definition) is 4. The Morgan fingerprint density at radius 3 is 2.85 bits per heavy atom. The Morgan fingerprint density at radius 2 is 2.20 bits per heavy atom. The number of nitrogens with one attached hydrogen (secondary N) is 1. The average Bonchev–Trinajstić information content (AvgIpc) is 3.04. The topological polar surface area (TPSA) is 62.3 Å². The summed E-state index contributed by atoms with van der Waals surface area (Å²) in [6.07, 6.45) is 2.07. The fourth-order valence-corrected chi connectivity index (χ4v) is 5.81. The highest BCUT2D eigenvalue weighted by Crippen LogP contribution is 2.56. The van der Waals surface area contributed by atoms with Crippen molar-refractivity contribution >= 4 is 40.4 Å². The van der Waals surface area contributed by atoms with E-state index < -0.39 is 10.0 Å². The molecule has 0 atom stereocenters. The van der Waals surface area contributed by atoms with Crippen LogP contribution in [0.15, 0.2) is 24.4 Å². The van der Waals surface area contributed by atoms with Gasteiger partial charge in [-0.3, -0.25) is 4.79 Å². The Kier molecular flexibility index (Phi) is 3.60. The molecule has 1 aliphatic rings. The van der Waals surface area contributed by atoms with Crippen molar-refractivity contribution in [1.29, 1.82) is 0 Å². The standard InChI is InChI=1S/C14H15NO3S2/c1-18-9-2-3-12-10(6-9)11(8-15-12)14(7-13(16)17)19-4-5-20-14/h2-3,6,8,15H,4-5,7H2,1H3,(H,16,17). The maximum atomic E-state index is 11.3. The minimum Gasteiger partial charge on any atom is -0.497 e. The van der Waals surface area contributed by atoms with Crippen molar-refractivity contribution in [2.75, 3.05) is 18.6 Å². The van der Waals surface area contributed by atoms with Crippen molar-refractivity contribution < 1.29 is 14.6 Å². The van der Waals surface area contributed by atoms with E-state index in [4.69, 9.17) is 4.74 Å². The molecule has 0 saturated carbocycles. The fourth-order valence-electron chi connectivity index (χ4n) is 2.55. The first kappa shape index (κ1) is 13.7. The molecule has 1 aromatic carbocycles. The molecule has 2 heterocycles. The molecule has 2 aromatic rings. The van der Waals surface area contributed by atoms with Gasteiger partial charge in [-0.2, -0.15) is 0 Å². The third-order valence-corrected chi connectivity index (χ3v) is 6.88. The number of carboxylic acid groups (broad SMARTS) is 1. The molecule has 1 aliphatic heterocycles. The Bertz CT molecular complexity index is 647. The van der Waals surface area contributed by atoms with E-state index in [9.17, 15) is 9.90 Å². The summed E-state index contributed by atoms with van der Waals surface area (Å²) in [6.45, 7) is 0. The SMILES string of the molecule is COc1ccc2[nH]cc(C3(CC(=O)O)SCCS3)c2c1. The molecule has 6 heteroatoms. The molecule has 2 N–H and O–H groups in total. The van der Waals surface area contributed by atoms with Crippen LogP contribution < -0.4 is 4.74 Å². The van der Waals surface area contributed by atoms with Crippen LogP contribution in [0.25, 0.3) is 10.9 Å². The maximum Gasteiger partial charge on any atom is 0.305 e. The molecule has 1 saturated heterocycles. The van der Waals surface area contributed by atoms with E-state index in [1.54, 1.807) is 30.6 Å². The highest BCUT2D eigenvalue weighted by atomic mass is 32.2. The Labute approximate surface area is 125 Å². The summed E-state index contributed by atoms with van der Waals surface area (Å²) >= 11 is 3.45. The molecule has 1 fully saturated rings. The number of carbonyl (C=O) groups is 1. The molecule has 0 amide bonds. The van der Waals surface area contributed by atoms with Crippen LogP contribution in [0.5, 0.6) is 5.75 Å². The van der Waals surface area contributed by atoms with Gasteiger partial charge in [-0.1, -0.05) is 0 Å². The molecule has 0 aliphatic carbocycles. The number of aromatic amines is 1. The number of aromatic nitrogens is 1. The molecule has 0 bridgehead atoms. The lowest BCUT2D eigenvalue weighted by molar-refractivity contribution is -0.137. The number of fused-ring (bicyclic) bond motifs is 1. The number of thioether (sulfide) groups is 2. The second kappa shape index (κ2) is 5.26. The van der Waals surface area contributed by atoms with Crippen LogP contribution in [0.2, 0.25) is 0 Å². The molecule has 20 heavy (non-hydrogen) atoms. The third-order valence-electron chi connectivity index (χ3n) is 3.44. The van der Waals surface area contributed by atoms with Gasteiger partial charge in [0.25, 0.3) is 0 Å². The summed E-state index contributed by atoms with van der Waals surface area (Å²) in [6, 6.07) is 5.85. The predicted molar refractivity (Wildman–Crippen MR) is 83.7 cm³/mol. The fraction of sp³-hybridized carbons (Fsp3) is 0.357. The number of hydrogen-bond donors (Lipinski definition) is 2. The zero-order chi connectivity index (χ0) is 14.2. The minimum atomic E-state index is -0.760. The summed E-state index contributed by atoms with van der Waals surface area (Å²) in [5, 5.41) is 10.3. The molecular weight excluding hydrogens is 294 g/mol. The number of H-pyrrole nitrogens is 1. The van der Waals surface area contributed by atoms with Crippen molar-refractivity contribution in [2.45, 2.75) is 10.5 Å². The van der Waals surface area contributed by atoms with Crippen LogP contribution in [0.4, 0.5) is 0 Å². The quantitative estimate of drug-likeness (QED) is 0.907. The van der Waals surface area contributed by atoms with Crippen molar-refractivity contribution in [3.8, 4) is 5.75 Å². The summed E-state index contributed by atoms with van der Waals surface area (Å²) < 4.78 is 4.89. The molecule has 3 rings (SSSR count). The zero-order valence-electron chi connectivity index (χ0n) is 11.0. The predicted octanol–water partition coefficient (Wildman–Crippen LogP) is 3.28. The van der Waals surface area contributed by atoms with Gasteiger partial charge in [0, 0.05) is 34.2 Å². The minimum absolute atomic E-state index is 0.131. The number of methoxy groups -OCH3 is 1. The van der Waals surface area contributed by atoms with E-state index in [1.165, 1.54) is 0 Å². The van der Waals surface area contributed by atoms with Crippen molar-refractivity contribution in [3.63, 3.8) is 0 Å². The molecule has 0 unspecified atom stereocenters. The number of ether oxygens (including phenoxy) is 1.